The van der Waals surface area contributed by atoms with Crippen LogP contribution >= 0.6 is 11.3 Å². The van der Waals surface area contributed by atoms with Gasteiger partial charge in [0, 0.05) is 24.2 Å². The lowest BCUT2D eigenvalue weighted by atomic mass is 10.2. The van der Waals surface area contributed by atoms with Crippen molar-refractivity contribution < 1.29 is 4.79 Å². The molecule has 18 heavy (non-hydrogen) atoms. The number of nitrogens with zero attached hydrogens (tertiary/aromatic N) is 2. The number of nitrogens with one attached hydrogen (secondary N) is 1. The molecule has 0 saturated carbocycles. The molecular formula is C12H14N4OS. The van der Waals surface area contributed by atoms with Crippen LogP contribution in [0.2, 0.25) is 0 Å². The van der Waals surface area contributed by atoms with Crippen LogP contribution in [-0.2, 0) is 11.3 Å². The molecule has 0 radical (unpaired) electrons. The minimum absolute atomic E-state index is 0.00378. The highest BCUT2D eigenvalue weighted by atomic mass is 32.1. The summed E-state index contributed by atoms with van der Waals surface area (Å²) in [6.45, 7) is 2.22. The smallest absolute Gasteiger partial charge is 0.224 e. The quantitative estimate of drug-likeness (QED) is 0.883. The Morgan fingerprint density at radius 2 is 2.06 bits per heavy atom. The van der Waals surface area contributed by atoms with E-state index in [4.69, 9.17) is 5.73 Å². The highest BCUT2D eigenvalue weighted by molar-refractivity contribution is 7.14. The molecule has 6 heteroatoms. The first kappa shape index (κ1) is 12.7. The van der Waals surface area contributed by atoms with Gasteiger partial charge in [0.25, 0.3) is 0 Å². The highest BCUT2D eigenvalue weighted by Crippen LogP contribution is 2.24. The second kappa shape index (κ2) is 5.70. The van der Waals surface area contributed by atoms with Crippen LogP contribution in [0.3, 0.4) is 0 Å². The average Bonchev–Trinajstić information content (AvgIpc) is 2.88. The van der Waals surface area contributed by atoms with E-state index in [1.807, 2.05) is 31.2 Å². The zero-order chi connectivity index (χ0) is 13.0. The lowest BCUT2D eigenvalue weighted by Gasteiger charge is -2.03. The van der Waals surface area contributed by atoms with Crippen molar-refractivity contribution in [1.29, 1.82) is 0 Å². The summed E-state index contributed by atoms with van der Waals surface area (Å²) in [4.78, 5) is 11.2. The zero-order valence-electron chi connectivity index (χ0n) is 10.0. The van der Waals surface area contributed by atoms with E-state index < -0.39 is 0 Å². The molecule has 3 N–H and O–H groups in total. The number of aromatic nitrogens is 2. The Balaban J connectivity index is 2.14. The second-order valence-corrected chi connectivity index (χ2v) is 4.75. The summed E-state index contributed by atoms with van der Waals surface area (Å²) in [6.07, 6.45) is 0.470. The number of hydrogen-bond acceptors (Lipinski definition) is 5. The van der Waals surface area contributed by atoms with Gasteiger partial charge >= 0.3 is 0 Å². The van der Waals surface area contributed by atoms with Crippen molar-refractivity contribution in [3.05, 3.63) is 29.3 Å². The van der Waals surface area contributed by atoms with Gasteiger partial charge in [0.05, 0.1) is 0 Å². The summed E-state index contributed by atoms with van der Waals surface area (Å²) in [5, 5.41) is 12.5. The maximum absolute atomic E-state index is 11.2. The van der Waals surface area contributed by atoms with Gasteiger partial charge in [-0.05, 0) is 24.3 Å². The predicted molar refractivity (Wildman–Crippen MR) is 72.2 cm³/mol. The van der Waals surface area contributed by atoms with Gasteiger partial charge in [-0.3, -0.25) is 4.79 Å². The summed E-state index contributed by atoms with van der Waals surface area (Å²) >= 11 is 1.48. The third kappa shape index (κ3) is 2.91. The number of amides is 1. The lowest BCUT2D eigenvalue weighted by molar-refractivity contribution is -0.115. The molecule has 0 fully saturated rings. The van der Waals surface area contributed by atoms with Gasteiger partial charge in [-0.25, -0.2) is 0 Å². The second-order valence-electron chi connectivity index (χ2n) is 3.68. The molecule has 1 aromatic heterocycles. The van der Waals surface area contributed by atoms with Crippen molar-refractivity contribution in [1.82, 2.24) is 10.2 Å². The van der Waals surface area contributed by atoms with Crippen molar-refractivity contribution in [2.75, 3.05) is 5.32 Å². The molecule has 0 saturated heterocycles. The topological polar surface area (TPSA) is 80.9 Å². The van der Waals surface area contributed by atoms with Crippen LogP contribution in [0.5, 0.6) is 0 Å². The molecule has 1 aromatic carbocycles. The molecule has 2 aromatic rings. The zero-order valence-corrected chi connectivity index (χ0v) is 10.8. The maximum atomic E-state index is 11.2. The van der Waals surface area contributed by atoms with E-state index in [0.29, 0.717) is 13.0 Å². The van der Waals surface area contributed by atoms with Crippen LogP contribution in [0, 0.1) is 0 Å². The van der Waals surface area contributed by atoms with Gasteiger partial charge in [0.2, 0.25) is 5.91 Å². The summed E-state index contributed by atoms with van der Waals surface area (Å²) < 4.78 is 0. The van der Waals surface area contributed by atoms with Crippen LogP contribution in [-0.4, -0.2) is 16.1 Å². The molecule has 0 bridgehead atoms. The fourth-order valence-electron chi connectivity index (χ4n) is 1.40. The van der Waals surface area contributed by atoms with Gasteiger partial charge in [-0.1, -0.05) is 18.3 Å². The Hall–Kier alpha value is -1.79. The van der Waals surface area contributed by atoms with E-state index in [0.717, 1.165) is 21.3 Å². The Bertz CT molecular complexity index is 535. The fourth-order valence-corrected chi connectivity index (χ4v) is 2.12. The highest BCUT2D eigenvalue weighted by Gasteiger charge is 2.06. The van der Waals surface area contributed by atoms with Crippen molar-refractivity contribution >= 4 is 22.9 Å². The van der Waals surface area contributed by atoms with Crippen molar-refractivity contribution in [3.63, 3.8) is 0 Å². The standard InChI is InChI=1S/C12H14N4OS/c1-2-10(17)14-9-5-3-8(4-6-9)12-16-15-11(7-13)18-12/h3-6H,2,7,13H2,1H3,(H,14,17). The minimum Gasteiger partial charge on any atom is -0.326 e. The van der Waals surface area contributed by atoms with E-state index in [2.05, 4.69) is 15.5 Å². The summed E-state index contributed by atoms with van der Waals surface area (Å²) in [6, 6.07) is 7.52. The summed E-state index contributed by atoms with van der Waals surface area (Å²) in [5.74, 6) is 0.00378. The Morgan fingerprint density at radius 1 is 1.33 bits per heavy atom. The molecule has 94 valence electrons. The lowest BCUT2D eigenvalue weighted by Crippen LogP contribution is -2.08. The SMILES string of the molecule is CCC(=O)Nc1ccc(-c2nnc(CN)s2)cc1. The molecule has 0 unspecified atom stereocenters. The van der Waals surface area contributed by atoms with Crippen LogP contribution in [0.4, 0.5) is 5.69 Å². The number of anilines is 1. The van der Waals surface area contributed by atoms with Gasteiger partial charge < -0.3 is 11.1 Å². The first-order chi connectivity index (χ1) is 8.72. The number of carbonyl (C=O) groups is 1. The Labute approximate surface area is 109 Å². The first-order valence-corrected chi connectivity index (χ1v) is 6.47. The van der Waals surface area contributed by atoms with Gasteiger partial charge in [-0.2, -0.15) is 0 Å². The number of benzene rings is 1. The fraction of sp³-hybridized carbons (Fsp3) is 0.250. The van der Waals surface area contributed by atoms with E-state index in [9.17, 15) is 4.79 Å². The van der Waals surface area contributed by atoms with Crippen molar-refractivity contribution in [2.45, 2.75) is 19.9 Å². The molecule has 0 aliphatic heterocycles. The predicted octanol–water partition coefficient (Wildman–Crippen LogP) is 2.01. The van der Waals surface area contributed by atoms with Crippen LogP contribution in [0.25, 0.3) is 10.6 Å². The monoisotopic (exact) mass is 262 g/mol. The number of hydrogen-bond donors (Lipinski definition) is 2. The number of nitrogens with two attached hydrogens (primary N) is 1. The summed E-state index contributed by atoms with van der Waals surface area (Å²) in [7, 11) is 0. The normalized spacial score (nSPS) is 10.3. The average molecular weight is 262 g/mol. The molecule has 0 spiro atoms. The van der Waals surface area contributed by atoms with E-state index in [-0.39, 0.29) is 5.91 Å². The largest absolute Gasteiger partial charge is 0.326 e. The molecule has 0 aliphatic carbocycles. The van der Waals surface area contributed by atoms with Crippen molar-refractivity contribution in [2.24, 2.45) is 5.73 Å². The van der Waals surface area contributed by atoms with E-state index >= 15 is 0 Å². The van der Waals surface area contributed by atoms with Crippen LogP contribution in [0.1, 0.15) is 18.4 Å². The summed E-state index contributed by atoms with van der Waals surface area (Å²) in [5.41, 5.74) is 7.26. The third-order valence-corrected chi connectivity index (χ3v) is 3.37. The molecule has 2 rings (SSSR count). The Morgan fingerprint density at radius 3 is 2.61 bits per heavy atom. The van der Waals surface area contributed by atoms with Gasteiger partial charge in [0.15, 0.2) is 0 Å². The minimum atomic E-state index is 0.00378. The maximum Gasteiger partial charge on any atom is 0.224 e. The molecule has 5 nitrogen and oxygen atoms in total. The van der Waals surface area contributed by atoms with E-state index in [1.165, 1.54) is 11.3 Å². The van der Waals surface area contributed by atoms with Gasteiger partial charge in [0.1, 0.15) is 10.0 Å². The van der Waals surface area contributed by atoms with Gasteiger partial charge in [-0.15, -0.1) is 10.2 Å². The van der Waals surface area contributed by atoms with Crippen LogP contribution in [0.15, 0.2) is 24.3 Å². The molecule has 0 atom stereocenters. The Kier molecular flexibility index (Phi) is 4.01. The van der Waals surface area contributed by atoms with Crippen LogP contribution < -0.4 is 11.1 Å². The molecule has 1 amide bonds. The molecular weight excluding hydrogens is 248 g/mol. The van der Waals surface area contributed by atoms with Crippen molar-refractivity contribution in [3.8, 4) is 10.6 Å². The third-order valence-electron chi connectivity index (χ3n) is 2.38. The first-order valence-electron chi connectivity index (χ1n) is 5.65. The molecule has 1 heterocycles. The molecule has 0 aliphatic rings. The van der Waals surface area contributed by atoms with E-state index in [1.54, 1.807) is 0 Å². The number of carbonyl (C=O) groups excluding carboxylic acids is 1. The number of rotatable bonds is 4.